The molecule has 3 N–H and O–H groups in total. The highest BCUT2D eigenvalue weighted by Crippen LogP contribution is 2.17. The first-order valence-corrected chi connectivity index (χ1v) is 7.20. The van der Waals surface area contributed by atoms with Gasteiger partial charge in [0.1, 0.15) is 11.5 Å². The molecule has 0 bridgehead atoms. The summed E-state index contributed by atoms with van der Waals surface area (Å²) in [6.45, 7) is 8.70. The Morgan fingerprint density at radius 2 is 1.85 bits per heavy atom. The van der Waals surface area contributed by atoms with E-state index < -0.39 is 0 Å². The lowest BCUT2D eigenvalue weighted by atomic mass is 10.0. The van der Waals surface area contributed by atoms with E-state index in [1.54, 1.807) is 0 Å². The van der Waals surface area contributed by atoms with Gasteiger partial charge in [-0.05, 0) is 18.8 Å². The number of hydrogen-bond donors (Lipinski definition) is 2. The molecule has 1 rings (SSSR count). The first-order chi connectivity index (χ1) is 9.34. The van der Waals surface area contributed by atoms with Crippen LogP contribution in [0.15, 0.2) is 9.59 Å². The second-order valence-corrected chi connectivity index (χ2v) is 5.46. The Hall–Kier alpha value is -1.72. The van der Waals surface area contributed by atoms with Gasteiger partial charge in [0, 0.05) is 19.6 Å². The third kappa shape index (κ3) is 3.05. The van der Waals surface area contributed by atoms with E-state index in [1.807, 2.05) is 6.92 Å². The fourth-order valence-corrected chi connectivity index (χ4v) is 2.28. The van der Waals surface area contributed by atoms with Crippen molar-refractivity contribution in [1.29, 1.82) is 0 Å². The summed E-state index contributed by atoms with van der Waals surface area (Å²) in [5.41, 5.74) is 5.64. The Morgan fingerprint density at radius 3 is 2.30 bits per heavy atom. The van der Waals surface area contributed by atoms with Gasteiger partial charge in [-0.25, -0.2) is 4.79 Å². The number of hydrogen-bond acceptors (Lipinski definition) is 4. The minimum Gasteiger partial charge on any atom is -0.383 e. The Kier molecular flexibility index (Phi) is 5.42. The minimum absolute atomic E-state index is 0.151. The van der Waals surface area contributed by atoms with Crippen molar-refractivity contribution in [3.8, 4) is 0 Å². The van der Waals surface area contributed by atoms with Gasteiger partial charge in [-0.1, -0.05) is 27.7 Å². The van der Waals surface area contributed by atoms with Crippen LogP contribution in [0, 0.1) is 5.92 Å². The van der Waals surface area contributed by atoms with Gasteiger partial charge in [0.2, 0.25) is 0 Å². The molecule has 0 spiro atoms. The zero-order valence-electron chi connectivity index (χ0n) is 13.1. The number of nitrogens with two attached hydrogens (primary N) is 1. The lowest BCUT2D eigenvalue weighted by Crippen LogP contribution is -2.42. The van der Waals surface area contributed by atoms with E-state index in [2.05, 4.69) is 26.1 Å². The zero-order valence-corrected chi connectivity index (χ0v) is 13.1. The lowest BCUT2D eigenvalue weighted by Gasteiger charge is -2.23. The van der Waals surface area contributed by atoms with Crippen molar-refractivity contribution in [3.05, 3.63) is 20.8 Å². The summed E-state index contributed by atoms with van der Waals surface area (Å²) in [5, 5.41) is 3.21. The molecule has 1 unspecified atom stereocenters. The maximum Gasteiger partial charge on any atom is 0.332 e. The summed E-state index contributed by atoms with van der Waals surface area (Å²) in [5.74, 6) is 0.606. The molecule has 0 aliphatic heterocycles. The summed E-state index contributed by atoms with van der Waals surface area (Å²) in [6, 6.07) is 0.151. The molecule has 0 radical (unpaired) electrons. The van der Waals surface area contributed by atoms with Crippen molar-refractivity contribution in [2.45, 2.75) is 53.1 Å². The van der Waals surface area contributed by atoms with Gasteiger partial charge in [0.25, 0.3) is 5.56 Å². The molecule has 6 heteroatoms. The number of rotatable bonds is 6. The van der Waals surface area contributed by atoms with Crippen LogP contribution in [-0.2, 0) is 13.6 Å². The first kappa shape index (κ1) is 16.3. The first-order valence-electron chi connectivity index (χ1n) is 7.20. The van der Waals surface area contributed by atoms with Crippen molar-refractivity contribution >= 4 is 11.5 Å². The molecule has 6 nitrogen and oxygen atoms in total. The molecule has 1 heterocycles. The molecular formula is C14H26N4O2. The second-order valence-electron chi connectivity index (χ2n) is 5.46. The topological polar surface area (TPSA) is 82.0 Å². The molecule has 0 amide bonds. The standard InChI is InChI=1S/C14H26N4O2/c1-6-8-18-12(15)11(13(19)17(5)14(18)20)16-10(7-2)9(3)4/h9-10,16H,6-8,15H2,1-5H3. The van der Waals surface area contributed by atoms with Crippen LogP contribution in [0.1, 0.15) is 40.5 Å². The smallest absolute Gasteiger partial charge is 0.332 e. The summed E-state index contributed by atoms with van der Waals surface area (Å²) < 4.78 is 2.57. The molecule has 0 fully saturated rings. The average molecular weight is 282 g/mol. The van der Waals surface area contributed by atoms with Crippen LogP contribution >= 0.6 is 0 Å². The number of aromatic nitrogens is 2. The number of nitrogens with one attached hydrogen (secondary N) is 1. The van der Waals surface area contributed by atoms with Crippen LogP contribution in [0.2, 0.25) is 0 Å². The molecule has 1 atom stereocenters. The molecule has 1 aromatic heterocycles. The predicted octanol–water partition coefficient (Wildman–Crippen LogP) is 1.39. The van der Waals surface area contributed by atoms with E-state index in [0.29, 0.717) is 18.2 Å². The molecule has 20 heavy (non-hydrogen) atoms. The van der Waals surface area contributed by atoms with Gasteiger partial charge in [-0.15, -0.1) is 0 Å². The Morgan fingerprint density at radius 1 is 1.25 bits per heavy atom. The van der Waals surface area contributed by atoms with Crippen LogP contribution in [0.25, 0.3) is 0 Å². The van der Waals surface area contributed by atoms with Crippen molar-refractivity contribution in [2.75, 3.05) is 11.1 Å². The van der Waals surface area contributed by atoms with Crippen molar-refractivity contribution in [2.24, 2.45) is 13.0 Å². The Bertz CT molecular complexity index is 572. The van der Waals surface area contributed by atoms with Gasteiger partial charge in [-0.3, -0.25) is 13.9 Å². The van der Waals surface area contributed by atoms with Crippen LogP contribution < -0.4 is 22.3 Å². The molecule has 0 saturated heterocycles. The number of nitrogen functional groups attached to an aromatic ring is 1. The van der Waals surface area contributed by atoms with Gasteiger partial charge in [0.15, 0.2) is 0 Å². The largest absolute Gasteiger partial charge is 0.383 e. The fraction of sp³-hybridized carbons (Fsp3) is 0.714. The SMILES string of the molecule is CCCn1c(N)c(NC(CC)C(C)C)c(=O)n(C)c1=O. The Balaban J connectivity index is 3.39. The van der Waals surface area contributed by atoms with E-state index in [-0.39, 0.29) is 23.1 Å². The van der Waals surface area contributed by atoms with E-state index in [1.165, 1.54) is 11.6 Å². The van der Waals surface area contributed by atoms with Crippen molar-refractivity contribution < 1.29 is 0 Å². The normalized spacial score (nSPS) is 12.7. The predicted molar refractivity (Wildman–Crippen MR) is 83.2 cm³/mol. The van der Waals surface area contributed by atoms with E-state index >= 15 is 0 Å². The molecule has 0 aromatic carbocycles. The highest BCUT2D eigenvalue weighted by atomic mass is 16.2. The van der Waals surface area contributed by atoms with Gasteiger partial charge >= 0.3 is 5.69 Å². The minimum atomic E-state index is -0.363. The molecule has 0 aliphatic rings. The third-order valence-electron chi connectivity index (χ3n) is 3.60. The zero-order chi connectivity index (χ0) is 15.4. The molecule has 0 aliphatic carbocycles. The number of anilines is 2. The summed E-state index contributed by atoms with van der Waals surface area (Å²) in [4.78, 5) is 24.3. The molecule has 0 saturated carbocycles. The quantitative estimate of drug-likeness (QED) is 0.826. The molecular weight excluding hydrogens is 256 g/mol. The summed E-state index contributed by atoms with van der Waals surface area (Å²) >= 11 is 0. The van der Waals surface area contributed by atoms with Gasteiger partial charge in [0.05, 0.1) is 0 Å². The van der Waals surface area contributed by atoms with E-state index in [0.717, 1.165) is 17.4 Å². The second kappa shape index (κ2) is 6.63. The van der Waals surface area contributed by atoms with Gasteiger partial charge < -0.3 is 11.1 Å². The molecule has 1 aromatic rings. The monoisotopic (exact) mass is 282 g/mol. The van der Waals surface area contributed by atoms with E-state index in [9.17, 15) is 9.59 Å². The summed E-state index contributed by atoms with van der Waals surface area (Å²) in [7, 11) is 1.48. The number of nitrogens with zero attached hydrogens (tertiary/aromatic N) is 2. The van der Waals surface area contributed by atoms with Crippen LogP contribution in [-0.4, -0.2) is 15.2 Å². The van der Waals surface area contributed by atoms with Crippen LogP contribution in [0.3, 0.4) is 0 Å². The third-order valence-corrected chi connectivity index (χ3v) is 3.60. The highest BCUT2D eigenvalue weighted by Gasteiger charge is 2.19. The van der Waals surface area contributed by atoms with Crippen LogP contribution in [0.4, 0.5) is 11.5 Å². The fourth-order valence-electron chi connectivity index (χ4n) is 2.28. The lowest BCUT2D eigenvalue weighted by molar-refractivity contribution is 0.508. The average Bonchev–Trinajstić information content (AvgIpc) is 2.41. The maximum atomic E-state index is 12.2. The van der Waals surface area contributed by atoms with Crippen molar-refractivity contribution in [3.63, 3.8) is 0 Å². The van der Waals surface area contributed by atoms with Crippen LogP contribution in [0.5, 0.6) is 0 Å². The highest BCUT2D eigenvalue weighted by molar-refractivity contribution is 5.61. The molecule has 114 valence electrons. The maximum absolute atomic E-state index is 12.2. The Labute approximate surface area is 119 Å². The van der Waals surface area contributed by atoms with Crippen molar-refractivity contribution in [1.82, 2.24) is 9.13 Å². The summed E-state index contributed by atoms with van der Waals surface area (Å²) in [6.07, 6.45) is 1.66. The van der Waals surface area contributed by atoms with E-state index in [4.69, 9.17) is 5.73 Å². The van der Waals surface area contributed by atoms with Gasteiger partial charge in [-0.2, -0.15) is 0 Å².